The second-order valence-electron chi connectivity index (χ2n) is 5.98. The van der Waals surface area contributed by atoms with Crippen molar-refractivity contribution in [2.75, 3.05) is 20.6 Å². The van der Waals surface area contributed by atoms with Gasteiger partial charge in [0.2, 0.25) is 5.91 Å². The van der Waals surface area contributed by atoms with Crippen molar-refractivity contribution in [2.24, 2.45) is 0 Å². The number of benzene rings is 1. The van der Waals surface area contributed by atoms with Gasteiger partial charge in [-0.2, -0.15) is 0 Å². The van der Waals surface area contributed by atoms with Crippen molar-refractivity contribution in [3.05, 3.63) is 29.8 Å². The number of β-lactam (4-membered cyclic amide) rings is 1. The van der Waals surface area contributed by atoms with Gasteiger partial charge < -0.3 is 25.6 Å². The molecule has 1 aliphatic heterocycles. The summed E-state index contributed by atoms with van der Waals surface area (Å²) in [4.78, 5) is 48.9. The third kappa shape index (κ3) is 5.82. The van der Waals surface area contributed by atoms with Crippen LogP contribution in [0.3, 0.4) is 0 Å². The normalized spacial score (nSPS) is 16.4. The Morgan fingerprint density at radius 3 is 2.27 bits per heavy atom. The molecule has 15 heteroatoms. The predicted molar refractivity (Wildman–Crippen MR) is 94.9 cm³/mol. The van der Waals surface area contributed by atoms with E-state index < -0.39 is 52.8 Å². The Morgan fingerprint density at radius 2 is 1.80 bits per heavy atom. The fourth-order valence-electron chi connectivity index (χ4n) is 2.41. The molecule has 4 N–H and O–H groups in total. The molecule has 2 rings (SSSR count). The first kappa shape index (κ1) is 25.6. The van der Waals surface area contributed by atoms with Gasteiger partial charge in [-0.3, -0.25) is 9.59 Å². The van der Waals surface area contributed by atoms with Crippen molar-refractivity contribution < 1.29 is 66.8 Å². The molecule has 1 saturated heterocycles. The van der Waals surface area contributed by atoms with Crippen LogP contribution in [-0.4, -0.2) is 77.8 Å². The molecule has 0 radical (unpaired) electrons. The quantitative estimate of drug-likeness (QED) is 0.195. The number of imide groups is 1. The van der Waals surface area contributed by atoms with Crippen LogP contribution >= 0.6 is 0 Å². The molecule has 0 bridgehead atoms. The molecule has 1 aromatic rings. The Bertz CT molecular complexity index is 939. The molecule has 0 saturated carbocycles. The fourth-order valence-corrected chi connectivity index (χ4v) is 3.09. The molecule has 1 fully saturated rings. The predicted octanol–water partition coefficient (Wildman–Crippen LogP) is -4.79. The van der Waals surface area contributed by atoms with Crippen LogP contribution in [0.2, 0.25) is 0 Å². The van der Waals surface area contributed by atoms with Crippen molar-refractivity contribution in [3.63, 3.8) is 0 Å². The summed E-state index contributed by atoms with van der Waals surface area (Å²) in [6, 6.07) is 0.821. The smallest absolute Gasteiger partial charge is 0.731 e. The van der Waals surface area contributed by atoms with Crippen molar-refractivity contribution >= 4 is 34.2 Å². The minimum Gasteiger partial charge on any atom is -0.731 e. The number of phenolic OH excluding ortho intramolecular Hbond substituents is 1. The molecule has 2 atom stereocenters. The minimum atomic E-state index is -4.97. The Hall–Kier alpha value is -2.39. The second-order valence-corrected chi connectivity index (χ2v) is 7.27. The van der Waals surface area contributed by atoms with Gasteiger partial charge in [-0.15, -0.1) is 0 Å². The van der Waals surface area contributed by atoms with Crippen LogP contribution in [0.25, 0.3) is 0 Å². The number of rotatable bonds is 5. The molecule has 1 heterocycles. The monoisotopic (exact) mass is 451 g/mol. The molecular weight excluding hydrogens is 433 g/mol. The Balaban J connectivity index is 0.00000450. The van der Waals surface area contributed by atoms with Gasteiger partial charge in [-0.25, -0.2) is 27.2 Å². The SMILES string of the molecule is CNC(=O)N(C)C(=O)NC(C(=O)NC1CN(S(=O)(=O)[O-])C1=O)c1ccc(O)cc1.[Na+]. The number of urea groups is 2. The van der Waals surface area contributed by atoms with Crippen molar-refractivity contribution in [2.45, 2.75) is 12.1 Å². The number of carbonyl (C=O) groups excluding carboxylic acids is 4. The van der Waals surface area contributed by atoms with Crippen molar-refractivity contribution in [1.29, 1.82) is 0 Å². The van der Waals surface area contributed by atoms with E-state index in [1.54, 1.807) is 0 Å². The molecule has 0 aromatic heterocycles. The molecule has 6 amide bonds. The maximum Gasteiger partial charge on any atom is 1.00 e. The standard InChI is InChI=1S/C15H19N5O8S.Na/c1-16-14(24)19(2)15(25)18-11(8-3-5-9(21)6-4-8)12(22)17-10-7-20(13(10)23)29(26,27)28;/h3-6,10-11,21H,7H2,1-2H3,(H,16,24)(H,17,22)(H,18,25)(H,26,27,28);/q;+1/p-1. The zero-order valence-electron chi connectivity index (χ0n) is 16.3. The number of aromatic hydroxyl groups is 1. The number of amides is 6. The van der Waals surface area contributed by atoms with Gasteiger partial charge >= 0.3 is 41.6 Å². The van der Waals surface area contributed by atoms with Gasteiger partial charge in [0.05, 0.1) is 6.54 Å². The van der Waals surface area contributed by atoms with Crippen molar-refractivity contribution in [1.82, 2.24) is 25.2 Å². The van der Waals surface area contributed by atoms with Crippen LogP contribution in [0, 0.1) is 0 Å². The van der Waals surface area contributed by atoms with Crippen LogP contribution in [-0.2, 0) is 19.9 Å². The molecule has 0 aliphatic carbocycles. The summed E-state index contributed by atoms with van der Waals surface area (Å²) < 4.78 is 32.7. The van der Waals surface area contributed by atoms with E-state index in [0.29, 0.717) is 4.90 Å². The summed E-state index contributed by atoms with van der Waals surface area (Å²) >= 11 is 0. The molecule has 13 nitrogen and oxygen atoms in total. The van der Waals surface area contributed by atoms with Crippen LogP contribution in [0.4, 0.5) is 9.59 Å². The second kappa shape index (κ2) is 10.1. The van der Waals surface area contributed by atoms with Gasteiger partial charge in [0.25, 0.3) is 5.91 Å². The molecule has 158 valence electrons. The average Bonchev–Trinajstić information content (AvgIpc) is 2.66. The molecule has 1 aliphatic rings. The maximum atomic E-state index is 12.6. The van der Waals surface area contributed by atoms with E-state index >= 15 is 0 Å². The fraction of sp³-hybridized carbons (Fsp3) is 0.333. The van der Waals surface area contributed by atoms with E-state index in [0.717, 1.165) is 7.05 Å². The van der Waals surface area contributed by atoms with E-state index in [-0.39, 0.29) is 45.2 Å². The Morgan fingerprint density at radius 1 is 1.23 bits per heavy atom. The minimum absolute atomic E-state index is 0. The number of nitrogens with zero attached hydrogens (tertiary/aromatic N) is 2. The summed E-state index contributed by atoms with van der Waals surface area (Å²) in [6.45, 7) is -0.537. The van der Waals surface area contributed by atoms with Crippen LogP contribution in [0.1, 0.15) is 11.6 Å². The zero-order valence-corrected chi connectivity index (χ0v) is 19.1. The first-order chi connectivity index (χ1) is 13.5. The van der Waals surface area contributed by atoms with E-state index in [1.165, 1.54) is 31.3 Å². The summed E-state index contributed by atoms with van der Waals surface area (Å²) in [5.74, 6) is -2.10. The number of carbonyl (C=O) groups is 4. The van der Waals surface area contributed by atoms with Crippen LogP contribution < -0.4 is 45.5 Å². The molecule has 1 aromatic carbocycles. The third-order valence-corrected chi connectivity index (χ3v) is 4.93. The van der Waals surface area contributed by atoms with E-state index in [9.17, 15) is 37.3 Å². The van der Waals surface area contributed by atoms with Gasteiger partial charge in [0, 0.05) is 14.1 Å². The number of hydrogen-bond acceptors (Lipinski definition) is 8. The molecule has 0 spiro atoms. The molecular formula is C15H18N5NaO8S. The molecule has 2 unspecified atom stereocenters. The Labute approximate surface area is 193 Å². The average molecular weight is 451 g/mol. The van der Waals surface area contributed by atoms with Crippen molar-refractivity contribution in [3.8, 4) is 5.75 Å². The summed E-state index contributed by atoms with van der Waals surface area (Å²) in [6.07, 6.45) is 0. The molecule has 30 heavy (non-hydrogen) atoms. The summed E-state index contributed by atoms with van der Waals surface area (Å²) in [5, 5.41) is 16.2. The van der Waals surface area contributed by atoms with Gasteiger partial charge in [-0.05, 0) is 17.7 Å². The first-order valence-corrected chi connectivity index (χ1v) is 9.45. The van der Waals surface area contributed by atoms with Gasteiger partial charge in [0.15, 0.2) is 10.3 Å². The number of nitrogens with one attached hydrogen (secondary N) is 3. The summed E-state index contributed by atoms with van der Waals surface area (Å²) in [5.41, 5.74) is 0.207. The van der Waals surface area contributed by atoms with Gasteiger partial charge in [-0.1, -0.05) is 12.1 Å². The number of phenols is 1. The van der Waals surface area contributed by atoms with E-state index in [4.69, 9.17) is 0 Å². The largest absolute Gasteiger partial charge is 1.00 e. The van der Waals surface area contributed by atoms with Crippen LogP contribution in [0.5, 0.6) is 5.75 Å². The third-order valence-electron chi connectivity index (χ3n) is 4.06. The Kier molecular flexibility index (Phi) is 8.62. The number of hydrogen-bond donors (Lipinski definition) is 4. The zero-order chi connectivity index (χ0) is 21.9. The van der Waals surface area contributed by atoms with E-state index in [1.807, 2.05) is 0 Å². The van der Waals surface area contributed by atoms with Gasteiger partial charge in [0.1, 0.15) is 17.8 Å². The van der Waals surface area contributed by atoms with Crippen LogP contribution in [0.15, 0.2) is 24.3 Å². The topological polar surface area (TPSA) is 188 Å². The summed E-state index contributed by atoms with van der Waals surface area (Å²) in [7, 11) is -2.51. The first-order valence-electron chi connectivity index (χ1n) is 8.08. The van der Waals surface area contributed by atoms with E-state index in [2.05, 4.69) is 16.0 Å². The maximum absolute atomic E-state index is 12.6.